The molecule has 0 aromatic heterocycles. The third-order valence-electron chi connectivity index (χ3n) is 2.73. The highest BCUT2D eigenvalue weighted by atomic mass is 19.4. The summed E-state index contributed by atoms with van der Waals surface area (Å²) < 4.78 is 37.3. The second-order valence-electron chi connectivity index (χ2n) is 4.01. The van der Waals surface area contributed by atoms with Gasteiger partial charge in [0.15, 0.2) is 0 Å². The molecule has 2 aromatic carbocycles. The van der Waals surface area contributed by atoms with Crippen LogP contribution in [0.3, 0.4) is 0 Å². The molecule has 0 saturated carbocycles. The Kier molecular flexibility index (Phi) is 3.39. The molecule has 0 saturated heterocycles. The third-order valence-corrected chi connectivity index (χ3v) is 2.73. The van der Waals surface area contributed by atoms with E-state index in [0.717, 1.165) is 11.1 Å². The number of alkyl halides is 3. The van der Waals surface area contributed by atoms with Gasteiger partial charge in [-0.25, -0.2) is 0 Å². The summed E-state index contributed by atoms with van der Waals surface area (Å²) >= 11 is 0. The molecule has 0 aliphatic carbocycles. The Morgan fingerprint density at radius 3 is 1.78 bits per heavy atom. The molecule has 0 spiro atoms. The lowest BCUT2D eigenvalue weighted by Gasteiger charge is -2.16. The number of rotatable bonds is 2. The maximum Gasteiger partial charge on any atom is 0.407 e. The molecule has 0 fully saturated rings. The average molecular weight is 251 g/mol. The van der Waals surface area contributed by atoms with E-state index in [-0.39, 0.29) is 5.56 Å². The maximum atomic E-state index is 12.4. The highest BCUT2D eigenvalue weighted by molar-refractivity contribution is 5.63. The van der Waals surface area contributed by atoms with Gasteiger partial charge in [0.2, 0.25) is 0 Å². The first kappa shape index (κ1) is 12.6. The summed E-state index contributed by atoms with van der Waals surface area (Å²) in [7, 11) is 0. The van der Waals surface area contributed by atoms with Crippen LogP contribution in [0.25, 0.3) is 11.1 Å². The van der Waals surface area contributed by atoms with Crippen LogP contribution in [-0.4, -0.2) is 6.18 Å². The Balaban J connectivity index is 2.26. The predicted octanol–water partition coefficient (Wildman–Crippen LogP) is 3.92. The van der Waals surface area contributed by atoms with Crippen molar-refractivity contribution in [1.29, 1.82) is 0 Å². The summed E-state index contributed by atoms with van der Waals surface area (Å²) in [6, 6.07) is 13.7. The van der Waals surface area contributed by atoms with Crippen LogP contribution in [0.1, 0.15) is 11.6 Å². The molecular formula is C14H12F3N. The lowest BCUT2D eigenvalue weighted by atomic mass is 10.0. The van der Waals surface area contributed by atoms with E-state index in [0.29, 0.717) is 0 Å². The van der Waals surface area contributed by atoms with Crippen LogP contribution < -0.4 is 5.73 Å². The van der Waals surface area contributed by atoms with E-state index in [9.17, 15) is 13.2 Å². The van der Waals surface area contributed by atoms with Gasteiger partial charge in [-0.05, 0) is 16.7 Å². The zero-order valence-corrected chi connectivity index (χ0v) is 9.48. The average Bonchev–Trinajstić information content (AvgIpc) is 2.38. The first-order chi connectivity index (χ1) is 8.48. The quantitative estimate of drug-likeness (QED) is 0.860. The fourth-order valence-corrected chi connectivity index (χ4v) is 1.70. The van der Waals surface area contributed by atoms with E-state index in [1.54, 1.807) is 12.1 Å². The van der Waals surface area contributed by atoms with Crippen molar-refractivity contribution in [2.75, 3.05) is 0 Å². The van der Waals surface area contributed by atoms with Gasteiger partial charge in [0, 0.05) is 0 Å². The molecule has 0 aliphatic heterocycles. The van der Waals surface area contributed by atoms with E-state index in [1.807, 2.05) is 30.3 Å². The molecular weight excluding hydrogens is 239 g/mol. The van der Waals surface area contributed by atoms with Crippen molar-refractivity contribution >= 4 is 0 Å². The van der Waals surface area contributed by atoms with Gasteiger partial charge < -0.3 is 5.73 Å². The molecule has 1 nitrogen and oxygen atoms in total. The first-order valence-electron chi connectivity index (χ1n) is 5.46. The SMILES string of the molecule is NC(c1ccc(-c2ccccc2)cc1)C(F)(F)F. The fourth-order valence-electron chi connectivity index (χ4n) is 1.70. The van der Waals surface area contributed by atoms with Crippen molar-refractivity contribution in [3.05, 3.63) is 60.2 Å². The lowest BCUT2D eigenvalue weighted by molar-refractivity contribution is -0.149. The standard InChI is InChI=1S/C14H12F3N/c15-14(16,17)13(18)12-8-6-11(7-9-12)10-4-2-1-3-5-10/h1-9,13H,18H2. The topological polar surface area (TPSA) is 26.0 Å². The normalized spacial score (nSPS) is 13.3. The van der Waals surface area contributed by atoms with Crippen molar-refractivity contribution in [1.82, 2.24) is 0 Å². The Bertz CT molecular complexity index is 503. The fraction of sp³-hybridized carbons (Fsp3) is 0.143. The molecule has 1 atom stereocenters. The van der Waals surface area contributed by atoms with Crippen LogP contribution in [0.2, 0.25) is 0 Å². The molecule has 18 heavy (non-hydrogen) atoms. The van der Waals surface area contributed by atoms with E-state index in [2.05, 4.69) is 0 Å². The number of nitrogens with two attached hydrogens (primary N) is 1. The minimum atomic E-state index is -4.41. The molecule has 2 rings (SSSR count). The molecule has 1 unspecified atom stereocenters. The number of halogens is 3. The molecule has 0 aliphatic rings. The monoisotopic (exact) mass is 251 g/mol. The van der Waals surface area contributed by atoms with Crippen LogP contribution >= 0.6 is 0 Å². The summed E-state index contributed by atoms with van der Waals surface area (Å²) in [5, 5.41) is 0. The molecule has 94 valence electrons. The maximum absolute atomic E-state index is 12.4. The molecule has 0 radical (unpaired) electrons. The summed E-state index contributed by atoms with van der Waals surface area (Å²) in [5.41, 5.74) is 7.04. The van der Waals surface area contributed by atoms with Crippen LogP contribution in [0.4, 0.5) is 13.2 Å². The number of benzene rings is 2. The molecule has 2 N–H and O–H groups in total. The Morgan fingerprint density at radius 2 is 1.28 bits per heavy atom. The minimum Gasteiger partial charge on any atom is -0.316 e. The van der Waals surface area contributed by atoms with E-state index >= 15 is 0 Å². The van der Waals surface area contributed by atoms with Crippen LogP contribution in [0.15, 0.2) is 54.6 Å². The molecule has 0 bridgehead atoms. The van der Waals surface area contributed by atoms with Gasteiger partial charge in [-0.15, -0.1) is 0 Å². The van der Waals surface area contributed by atoms with Gasteiger partial charge in [0.05, 0.1) is 0 Å². The molecule has 0 heterocycles. The van der Waals surface area contributed by atoms with Gasteiger partial charge in [0.1, 0.15) is 6.04 Å². The van der Waals surface area contributed by atoms with Crippen molar-refractivity contribution in [2.45, 2.75) is 12.2 Å². The number of hydrogen-bond acceptors (Lipinski definition) is 1. The highest BCUT2D eigenvalue weighted by Gasteiger charge is 2.37. The predicted molar refractivity (Wildman–Crippen MR) is 64.9 cm³/mol. The van der Waals surface area contributed by atoms with Crippen LogP contribution in [-0.2, 0) is 0 Å². The van der Waals surface area contributed by atoms with Crippen molar-refractivity contribution < 1.29 is 13.2 Å². The minimum absolute atomic E-state index is 0.0715. The summed E-state index contributed by atoms with van der Waals surface area (Å²) in [5.74, 6) is 0. The lowest BCUT2D eigenvalue weighted by Crippen LogP contribution is -2.28. The Hall–Kier alpha value is -1.81. The summed E-state index contributed by atoms with van der Waals surface area (Å²) in [6.07, 6.45) is -4.41. The van der Waals surface area contributed by atoms with Gasteiger partial charge in [-0.3, -0.25) is 0 Å². The Morgan fingerprint density at radius 1 is 0.778 bits per heavy atom. The largest absolute Gasteiger partial charge is 0.407 e. The molecule has 2 aromatic rings. The Labute approximate surface area is 103 Å². The van der Waals surface area contributed by atoms with Crippen LogP contribution in [0.5, 0.6) is 0 Å². The summed E-state index contributed by atoms with van der Waals surface area (Å²) in [4.78, 5) is 0. The van der Waals surface area contributed by atoms with Gasteiger partial charge in [-0.2, -0.15) is 13.2 Å². The van der Waals surface area contributed by atoms with Gasteiger partial charge in [-0.1, -0.05) is 54.6 Å². The zero-order valence-electron chi connectivity index (χ0n) is 9.48. The summed E-state index contributed by atoms with van der Waals surface area (Å²) in [6.45, 7) is 0. The van der Waals surface area contributed by atoms with Crippen LogP contribution in [0, 0.1) is 0 Å². The first-order valence-corrected chi connectivity index (χ1v) is 5.46. The molecule has 4 heteroatoms. The number of hydrogen-bond donors (Lipinski definition) is 1. The van der Waals surface area contributed by atoms with Crippen molar-refractivity contribution in [3.63, 3.8) is 0 Å². The van der Waals surface area contributed by atoms with Crippen molar-refractivity contribution in [2.24, 2.45) is 5.73 Å². The van der Waals surface area contributed by atoms with Crippen molar-refractivity contribution in [3.8, 4) is 11.1 Å². The van der Waals surface area contributed by atoms with Gasteiger partial charge >= 0.3 is 6.18 Å². The van der Waals surface area contributed by atoms with E-state index in [1.165, 1.54) is 12.1 Å². The third kappa shape index (κ3) is 2.71. The van der Waals surface area contributed by atoms with Gasteiger partial charge in [0.25, 0.3) is 0 Å². The second-order valence-corrected chi connectivity index (χ2v) is 4.01. The molecule has 0 amide bonds. The van der Waals surface area contributed by atoms with E-state index in [4.69, 9.17) is 5.73 Å². The second kappa shape index (κ2) is 4.82. The smallest absolute Gasteiger partial charge is 0.316 e. The zero-order chi connectivity index (χ0) is 13.2. The highest BCUT2D eigenvalue weighted by Crippen LogP contribution is 2.31. The van der Waals surface area contributed by atoms with E-state index < -0.39 is 12.2 Å².